The van der Waals surface area contributed by atoms with Crippen LogP contribution in [0, 0.1) is 11.3 Å². The van der Waals surface area contributed by atoms with Gasteiger partial charge in [-0.15, -0.1) is 0 Å². The Bertz CT molecular complexity index is 198. The number of hydrogen-bond acceptors (Lipinski definition) is 2. The van der Waals surface area contributed by atoms with E-state index in [2.05, 4.69) is 6.07 Å². The van der Waals surface area contributed by atoms with Gasteiger partial charge in [0.05, 0.1) is 6.07 Å². The van der Waals surface area contributed by atoms with E-state index >= 15 is 0 Å². The van der Waals surface area contributed by atoms with Gasteiger partial charge in [0.2, 0.25) is 0 Å². The van der Waals surface area contributed by atoms with Crippen molar-refractivity contribution in [2.45, 2.75) is 38.5 Å². The predicted molar refractivity (Wildman–Crippen MR) is 44.5 cm³/mol. The Hall–Kier alpha value is -0.970. The molecule has 0 aliphatic heterocycles. The maximum Gasteiger partial charge on any atom is 0.0965 e. The molecule has 0 saturated heterocycles. The van der Waals surface area contributed by atoms with E-state index < -0.39 is 0 Å². The lowest BCUT2D eigenvalue weighted by molar-refractivity contribution is 0.614. The lowest BCUT2D eigenvalue weighted by atomic mass is 9.99. The summed E-state index contributed by atoms with van der Waals surface area (Å²) in [7, 11) is 0. The van der Waals surface area contributed by atoms with Crippen LogP contribution < -0.4 is 5.73 Å². The van der Waals surface area contributed by atoms with Gasteiger partial charge in [0.1, 0.15) is 0 Å². The molecule has 1 aliphatic carbocycles. The normalized spacial score (nSPS) is 26.8. The summed E-state index contributed by atoms with van der Waals surface area (Å²) in [6.07, 6.45) is 6.60. The van der Waals surface area contributed by atoms with Crippen molar-refractivity contribution < 1.29 is 0 Å². The molecule has 0 amide bonds. The third-order valence-electron chi connectivity index (χ3n) is 2.15. The third kappa shape index (κ3) is 2.27. The van der Waals surface area contributed by atoms with Crippen LogP contribution in [0.25, 0.3) is 0 Å². The van der Waals surface area contributed by atoms with Crippen molar-refractivity contribution in [3.05, 3.63) is 11.3 Å². The minimum absolute atomic E-state index is 0.824. The zero-order valence-electron chi connectivity index (χ0n) is 6.77. The molecule has 0 bridgehead atoms. The van der Waals surface area contributed by atoms with Gasteiger partial charge in [-0.25, -0.2) is 0 Å². The van der Waals surface area contributed by atoms with Crippen LogP contribution in [0.1, 0.15) is 38.5 Å². The zero-order valence-corrected chi connectivity index (χ0v) is 6.77. The molecule has 0 saturated carbocycles. The maximum atomic E-state index is 8.69. The van der Waals surface area contributed by atoms with Crippen molar-refractivity contribution in [3.8, 4) is 6.07 Å². The Morgan fingerprint density at radius 1 is 1.09 bits per heavy atom. The van der Waals surface area contributed by atoms with E-state index in [9.17, 15) is 0 Å². The van der Waals surface area contributed by atoms with Gasteiger partial charge in [0.25, 0.3) is 0 Å². The van der Waals surface area contributed by atoms with E-state index in [4.69, 9.17) is 11.0 Å². The second-order valence-corrected chi connectivity index (χ2v) is 3.03. The van der Waals surface area contributed by atoms with Gasteiger partial charge in [-0.2, -0.15) is 5.26 Å². The highest BCUT2D eigenvalue weighted by Gasteiger charge is 2.05. The zero-order chi connectivity index (χ0) is 8.10. The minimum atomic E-state index is 0.824. The molecule has 1 aliphatic rings. The summed E-state index contributed by atoms with van der Waals surface area (Å²) in [6.45, 7) is 0. The summed E-state index contributed by atoms with van der Waals surface area (Å²) in [4.78, 5) is 0. The van der Waals surface area contributed by atoms with Crippen LogP contribution >= 0.6 is 0 Å². The average Bonchev–Trinajstić information content (AvgIpc) is 1.98. The molecule has 0 aromatic rings. The number of hydrogen-bond donors (Lipinski definition) is 1. The highest BCUT2D eigenvalue weighted by atomic mass is 14.6. The van der Waals surface area contributed by atoms with Gasteiger partial charge < -0.3 is 5.73 Å². The lowest BCUT2D eigenvalue weighted by Gasteiger charge is -2.09. The first-order chi connectivity index (χ1) is 5.34. The van der Waals surface area contributed by atoms with E-state index in [1.165, 1.54) is 12.8 Å². The molecule has 60 valence electrons. The van der Waals surface area contributed by atoms with Crippen molar-refractivity contribution in [3.63, 3.8) is 0 Å². The van der Waals surface area contributed by atoms with Crippen LogP contribution in [0.5, 0.6) is 0 Å². The lowest BCUT2D eigenvalue weighted by Crippen LogP contribution is -2.04. The van der Waals surface area contributed by atoms with Crippen molar-refractivity contribution in [2.75, 3.05) is 0 Å². The van der Waals surface area contributed by atoms with Crippen LogP contribution in [-0.4, -0.2) is 0 Å². The van der Waals surface area contributed by atoms with Crippen molar-refractivity contribution in [2.24, 2.45) is 5.73 Å². The van der Waals surface area contributed by atoms with E-state index in [-0.39, 0.29) is 0 Å². The van der Waals surface area contributed by atoms with Crippen molar-refractivity contribution in [1.29, 1.82) is 5.26 Å². The van der Waals surface area contributed by atoms with E-state index in [1.807, 2.05) is 0 Å². The third-order valence-corrected chi connectivity index (χ3v) is 2.15. The Morgan fingerprint density at radius 3 is 2.36 bits per heavy atom. The van der Waals surface area contributed by atoms with Crippen LogP contribution in [0.15, 0.2) is 11.3 Å². The van der Waals surface area contributed by atoms with E-state index in [0.29, 0.717) is 0 Å². The first-order valence-electron chi connectivity index (χ1n) is 4.22. The highest BCUT2D eigenvalue weighted by molar-refractivity contribution is 5.26. The fourth-order valence-corrected chi connectivity index (χ4v) is 1.41. The summed E-state index contributed by atoms with van der Waals surface area (Å²) < 4.78 is 0. The van der Waals surface area contributed by atoms with E-state index in [0.717, 1.165) is 37.0 Å². The van der Waals surface area contributed by atoms with Gasteiger partial charge in [-0.1, -0.05) is 12.8 Å². The first-order valence-corrected chi connectivity index (χ1v) is 4.22. The molecule has 2 nitrogen and oxygen atoms in total. The topological polar surface area (TPSA) is 49.8 Å². The number of nitrogens with two attached hydrogens (primary N) is 1. The second kappa shape index (κ2) is 4.02. The average molecular weight is 150 g/mol. The standard InChI is InChI=1S/C9H14N2/c10-7-8-5-3-1-2-4-6-9(8)11/h1-6,11H2/b9-8-. The molecular weight excluding hydrogens is 136 g/mol. The van der Waals surface area contributed by atoms with Crippen molar-refractivity contribution in [1.82, 2.24) is 0 Å². The summed E-state index contributed by atoms with van der Waals surface area (Å²) in [6, 6.07) is 2.18. The summed E-state index contributed by atoms with van der Waals surface area (Å²) in [5.41, 5.74) is 7.37. The predicted octanol–water partition coefficient (Wildman–Crippen LogP) is 2.08. The van der Waals surface area contributed by atoms with Crippen LogP contribution in [0.3, 0.4) is 0 Å². The number of allylic oxidation sites excluding steroid dienone is 2. The molecule has 0 radical (unpaired) electrons. The SMILES string of the molecule is N#C/C1=C(\N)CCCCCC1. The molecule has 0 unspecified atom stereocenters. The van der Waals surface area contributed by atoms with Gasteiger partial charge in [0.15, 0.2) is 0 Å². The minimum Gasteiger partial charge on any atom is -0.401 e. The molecule has 0 atom stereocenters. The molecule has 2 heteroatoms. The highest BCUT2D eigenvalue weighted by Crippen LogP contribution is 2.19. The Balaban J connectivity index is 2.65. The van der Waals surface area contributed by atoms with E-state index in [1.54, 1.807) is 0 Å². The number of nitrogens with zero attached hydrogens (tertiary/aromatic N) is 1. The molecule has 0 heterocycles. The smallest absolute Gasteiger partial charge is 0.0965 e. The molecule has 2 N–H and O–H groups in total. The van der Waals surface area contributed by atoms with Crippen LogP contribution in [0.2, 0.25) is 0 Å². The van der Waals surface area contributed by atoms with Crippen LogP contribution in [-0.2, 0) is 0 Å². The monoisotopic (exact) mass is 150 g/mol. The van der Waals surface area contributed by atoms with Crippen LogP contribution in [0.4, 0.5) is 0 Å². The van der Waals surface area contributed by atoms with Gasteiger partial charge in [-0.05, 0) is 25.7 Å². The fraction of sp³-hybridized carbons (Fsp3) is 0.667. The molecule has 1 rings (SSSR count). The Morgan fingerprint density at radius 2 is 1.73 bits per heavy atom. The van der Waals surface area contributed by atoms with Gasteiger partial charge in [0, 0.05) is 11.3 Å². The van der Waals surface area contributed by atoms with Crippen molar-refractivity contribution >= 4 is 0 Å². The largest absolute Gasteiger partial charge is 0.401 e. The Kier molecular flexibility index (Phi) is 2.97. The molecule has 0 aromatic carbocycles. The Labute approximate surface area is 67.7 Å². The summed E-state index contributed by atoms with van der Waals surface area (Å²) in [5.74, 6) is 0. The quantitative estimate of drug-likeness (QED) is 0.574. The summed E-state index contributed by atoms with van der Waals surface area (Å²) >= 11 is 0. The fourth-order valence-electron chi connectivity index (χ4n) is 1.41. The molecule has 11 heavy (non-hydrogen) atoms. The molecular formula is C9H14N2. The maximum absolute atomic E-state index is 8.69. The molecule has 0 aromatic heterocycles. The number of rotatable bonds is 0. The molecule has 0 spiro atoms. The molecule has 0 fully saturated rings. The first kappa shape index (κ1) is 8.13. The van der Waals surface area contributed by atoms with Gasteiger partial charge >= 0.3 is 0 Å². The second-order valence-electron chi connectivity index (χ2n) is 3.03. The number of nitriles is 1. The van der Waals surface area contributed by atoms with Gasteiger partial charge in [-0.3, -0.25) is 0 Å². The summed E-state index contributed by atoms with van der Waals surface area (Å²) in [5, 5.41) is 8.69.